The van der Waals surface area contributed by atoms with Crippen molar-refractivity contribution >= 4 is 41.7 Å². The third kappa shape index (κ3) is 7.49. The van der Waals surface area contributed by atoms with Crippen molar-refractivity contribution in [2.75, 3.05) is 12.8 Å². The molecule has 0 aliphatic heterocycles. The van der Waals surface area contributed by atoms with Crippen molar-refractivity contribution in [1.29, 1.82) is 0 Å². The lowest BCUT2D eigenvalue weighted by atomic mass is 10.1. The average Bonchev–Trinajstić information content (AvgIpc) is 2.59. The van der Waals surface area contributed by atoms with Crippen molar-refractivity contribution in [2.24, 2.45) is 4.99 Å². The second-order valence-electron chi connectivity index (χ2n) is 5.67. The molecule has 1 aromatic carbocycles. The number of nitrogens with zero attached hydrogens (tertiary/aromatic N) is 2. The first kappa shape index (κ1) is 22.7. The molecule has 0 aliphatic carbocycles. The smallest absolute Gasteiger partial charge is 0.191 e. The minimum absolute atomic E-state index is 0. The largest absolute Gasteiger partial charge is 0.357 e. The molecule has 0 saturated carbocycles. The van der Waals surface area contributed by atoms with Gasteiger partial charge >= 0.3 is 0 Å². The Hall–Kier alpha value is -1.35. The lowest BCUT2D eigenvalue weighted by molar-refractivity contribution is 0.625. The molecule has 0 aliphatic rings. The Bertz CT molecular complexity index is 724. The number of pyridine rings is 1. The molecular formula is C19H26FIN4S. The van der Waals surface area contributed by atoms with Gasteiger partial charge < -0.3 is 10.6 Å². The van der Waals surface area contributed by atoms with E-state index in [1.807, 2.05) is 44.4 Å². The molecule has 0 amide bonds. The van der Waals surface area contributed by atoms with Gasteiger partial charge in [-0.2, -0.15) is 11.8 Å². The number of halogens is 2. The predicted octanol–water partition coefficient (Wildman–Crippen LogP) is 4.27. The summed E-state index contributed by atoms with van der Waals surface area (Å²) in [5, 5.41) is 6.53. The zero-order chi connectivity index (χ0) is 18.1. The standard InChI is InChI=1S/C19H25FN4S.HI/c1-4-21-19(23-12-18-7-5-6-14(2)24-18)22-11-15-8-9-17(20)10-16(15)13-25-3;/h5-10H,4,11-13H2,1-3H3,(H2,21,22,23);1H. The van der Waals surface area contributed by atoms with Gasteiger partial charge in [-0.3, -0.25) is 4.98 Å². The Morgan fingerprint density at radius 3 is 2.69 bits per heavy atom. The minimum Gasteiger partial charge on any atom is -0.357 e. The molecule has 0 saturated heterocycles. The average molecular weight is 488 g/mol. The van der Waals surface area contributed by atoms with Gasteiger partial charge in [-0.1, -0.05) is 12.1 Å². The summed E-state index contributed by atoms with van der Waals surface area (Å²) in [6.07, 6.45) is 2.01. The van der Waals surface area contributed by atoms with Gasteiger partial charge in [0.05, 0.1) is 18.8 Å². The van der Waals surface area contributed by atoms with Gasteiger partial charge in [0.1, 0.15) is 5.82 Å². The van der Waals surface area contributed by atoms with Crippen molar-refractivity contribution in [3.8, 4) is 0 Å². The molecule has 7 heteroatoms. The number of rotatable bonds is 7. The van der Waals surface area contributed by atoms with Crippen LogP contribution in [-0.2, 0) is 18.8 Å². The maximum atomic E-state index is 13.5. The molecule has 2 rings (SSSR count). The number of thioether (sulfide) groups is 1. The van der Waals surface area contributed by atoms with E-state index in [0.717, 1.165) is 40.8 Å². The molecule has 1 aromatic heterocycles. The van der Waals surface area contributed by atoms with Crippen LogP contribution in [0.3, 0.4) is 0 Å². The fourth-order valence-electron chi connectivity index (χ4n) is 2.42. The molecular weight excluding hydrogens is 462 g/mol. The number of hydrogen-bond acceptors (Lipinski definition) is 3. The monoisotopic (exact) mass is 488 g/mol. The van der Waals surface area contributed by atoms with Gasteiger partial charge in [0.15, 0.2) is 5.96 Å². The van der Waals surface area contributed by atoms with E-state index in [4.69, 9.17) is 0 Å². The van der Waals surface area contributed by atoms with E-state index in [1.54, 1.807) is 17.8 Å². The second-order valence-corrected chi connectivity index (χ2v) is 6.53. The number of nitrogens with one attached hydrogen (secondary N) is 2. The Balaban J connectivity index is 0.00000338. The van der Waals surface area contributed by atoms with Crippen molar-refractivity contribution in [3.05, 3.63) is 64.7 Å². The van der Waals surface area contributed by atoms with Crippen LogP contribution in [0.15, 0.2) is 41.4 Å². The molecule has 0 atom stereocenters. The van der Waals surface area contributed by atoms with Gasteiger partial charge in [0, 0.05) is 18.0 Å². The number of aliphatic imine (C=N–C) groups is 1. The highest BCUT2D eigenvalue weighted by atomic mass is 127. The molecule has 26 heavy (non-hydrogen) atoms. The molecule has 142 valence electrons. The van der Waals surface area contributed by atoms with Crippen molar-refractivity contribution in [2.45, 2.75) is 32.7 Å². The predicted molar refractivity (Wildman–Crippen MR) is 120 cm³/mol. The number of hydrogen-bond donors (Lipinski definition) is 2. The summed E-state index contributed by atoms with van der Waals surface area (Å²) in [7, 11) is 0. The minimum atomic E-state index is -0.202. The fourth-order valence-corrected chi connectivity index (χ4v) is 3.00. The van der Waals surface area contributed by atoms with E-state index in [1.165, 1.54) is 6.07 Å². The number of benzene rings is 1. The lowest BCUT2D eigenvalue weighted by Gasteiger charge is -2.12. The highest BCUT2D eigenvalue weighted by Crippen LogP contribution is 2.17. The Morgan fingerprint density at radius 2 is 2.00 bits per heavy atom. The van der Waals surface area contributed by atoms with E-state index in [2.05, 4.69) is 20.6 Å². The van der Waals surface area contributed by atoms with Gasteiger partial charge in [0.25, 0.3) is 0 Å². The number of aromatic nitrogens is 1. The summed E-state index contributed by atoms with van der Waals surface area (Å²) in [5.74, 6) is 1.30. The third-order valence-electron chi connectivity index (χ3n) is 3.60. The first-order valence-electron chi connectivity index (χ1n) is 8.33. The molecule has 0 fully saturated rings. The summed E-state index contributed by atoms with van der Waals surface area (Å²) in [5.41, 5.74) is 4.00. The summed E-state index contributed by atoms with van der Waals surface area (Å²) in [6.45, 7) is 5.89. The summed E-state index contributed by atoms with van der Waals surface area (Å²) >= 11 is 1.68. The maximum Gasteiger partial charge on any atom is 0.191 e. The Kier molecular flexibility index (Phi) is 10.6. The molecule has 1 heterocycles. The van der Waals surface area contributed by atoms with Crippen molar-refractivity contribution in [1.82, 2.24) is 15.6 Å². The quantitative estimate of drug-likeness (QED) is 0.348. The SMILES string of the molecule is CCNC(=NCc1ccc(F)cc1CSC)NCc1cccc(C)n1.I. The van der Waals surface area contributed by atoms with Gasteiger partial charge in [0.2, 0.25) is 0 Å². The van der Waals surface area contributed by atoms with Crippen LogP contribution in [-0.4, -0.2) is 23.7 Å². The molecule has 2 N–H and O–H groups in total. The van der Waals surface area contributed by atoms with E-state index >= 15 is 0 Å². The second kappa shape index (κ2) is 12.1. The first-order valence-corrected chi connectivity index (χ1v) is 9.72. The van der Waals surface area contributed by atoms with Crippen LogP contribution in [0.1, 0.15) is 29.4 Å². The highest BCUT2D eigenvalue weighted by molar-refractivity contribution is 14.0. The van der Waals surface area contributed by atoms with Crippen LogP contribution in [0, 0.1) is 12.7 Å². The lowest BCUT2D eigenvalue weighted by Crippen LogP contribution is -2.37. The zero-order valence-corrected chi connectivity index (χ0v) is 18.5. The third-order valence-corrected chi connectivity index (χ3v) is 4.20. The molecule has 0 radical (unpaired) electrons. The first-order chi connectivity index (χ1) is 12.1. The summed E-state index contributed by atoms with van der Waals surface area (Å²) in [6, 6.07) is 10.9. The summed E-state index contributed by atoms with van der Waals surface area (Å²) < 4.78 is 13.5. The number of guanidine groups is 1. The van der Waals surface area contributed by atoms with Crippen LogP contribution in [0.25, 0.3) is 0 Å². The highest BCUT2D eigenvalue weighted by Gasteiger charge is 2.05. The zero-order valence-electron chi connectivity index (χ0n) is 15.4. The van der Waals surface area contributed by atoms with E-state index in [9.17, 15) is 4.39 Å². The van der Waals surface area contributed by atoms with E-state index in [0.29, 0.717) is 13.1 Å². The van der Waals surface area contributed by atoms with Crippen molar-refractivity contribution < 1.29 is 4.39 Å². The topological polar surface area (TPSA) is 49.3 Å². The Morgan fingerprint density at radius 1 is 1.19 bits per heavy atom. The van der Waals surface area contributed by atoms with Crippen LogP contribution in [0.5, 0.6) is 0 Å². The van der Waals surface area contributed by atoms with Crippen molar-refractivity contribution in [3.63, 3.8) is 0 Å². The van der Waals surface area contributed by atoms with Crippen LogP contribution in [0.4, 0.5) is 4.39 Å². The molecule has 0 unspecified atom stereocenters. The van der Waals surface area contributed by atoms with E-state index in [-0.39, 0.29) is 29.8 Å². The molecule has 0 spiro atoms. The molecule has 2 aromatic rings. The molecule has 0 bridgehead atoms. The van der Waals surface area contributed by atoms with Crippen LogP contribution >= 0.6 is 35.7 Å². The van der Waals surface area contributed by atoms with Gasteiger partial charge in [-0.15, -0.1) is 24.0 Å². The number of aryl methyl sites for hydroxylation is 1. The van der Waals surface area contributed by atoms with Crippen LogP contribution < -0.4 is 10.6 Å². The normalized spacial score (nSPS) is 11.0. The fraction of sp³-hybridized carbons (Fsp3) is 0.368. The van der Waals surface area contributed by atoms with Crippen LogP contribution in [0.2, 0.25) is 0 Å². The molecule has 4 nitrogen and oxygen atoms in total. The van der Waals surface area contributed by atoms with Gasteiger partial charge in [-0.25, -0.2) is 9.38 Å². The maximum absolute atomic E-state index is 13.5. The summed E-state index contributed by atoms with van der Waals surface area (Å²) in [4.78, 5) is 9.11. The van der Waals surface area contributed by atoms with Gasteiger partial charge in [-0.05, 0) is 55.5 Å². The van der Waals surface area contributed by atoms with E-state index < -0.39 is 0 Å². The Labute approximate surface area is 176 Å².